The van der Waals surface area contributed by atoms with Gasteiger partial charge in [-0.3, -0.25) is 15.0 Å². The molecule has 0 aliphatic carbocycles. The van der Waals surface area contributed by atoms with Gasteiger partial charge in [-0.25, -0.2) is 4.79 Å². The largest absolute Gasteiger partial charge is 0.467 e. The molecular formula is C15H23N3O3. The summed E-state index contributed by atoms with van der Waals surface area (Å²) >= 11 is 0. The number of likely N-dealkylation sites (tertiary alicyclic amines) is 1. The summed E-state index contributed by atoms with van der Waals surface area (Å²) in [6, 6.07) is 3.49. The van der Waals surface area contributed by atoms with Crippen LogP contribution in [0.15, 0.2) is 22.8 Å². The molecule has 1 atom stereocenters. The van der Waals surface area contributed by atoms with Crippen LogP contribution in [0.5, 0.6) is 0 Å². The molecule has 1 aliphatic heterocycles. The van der Waals surface area contributed by atoms with Crippen LogP contribution < -0.4 is 10.6 Å². The highest BCUT2D eigenvalue weighted by atomic mass is 16.3. The lowest BCUT2D eigenvalue weighted by molar-refractivity contribution is -0.122. The highest BCUT2D eigenvalue weighted by Gasteiger charge is 2.23. The van der Waals surface area contributed by atoms with Gasteiger partial charge in [-0.15, -0.1) is 0 Å². The predicted molar refractivity (Wildman–Crippen MR) is 78.6 cm³/mol. The second kappa shape index (κ2) is 7.83. The monoisotopic (exact) mass is 293 g/mol. The quantitative estimate of drug-likeness (QED) is 0.869. The number of carbonyl (C=O) groups excluding carboxylic acids is 2. The molecule has 0 aromatic carbocycles. The van der Waals surface area contributed by atoms with Gasteiger partial charge in [0, 0.05) is 6.04 Å². The number of amides is 3. The molecule has 21 heavy (non-hydrogen) atoms. The van der Waals surface area contributed by atoms with Crippen molar-refractivity contribution in [2.45, 2.75) is 45.2 Å². The fraction of sp³-hybridized carbons (Fsp3) is 0.600. The minimum atomic E-state index is -0.485. The lowest BCUT2D eigenvalue weighted by Crippen LogP contribution is -2.48. The molecule has 0 spiro atoms. The van der Waals surface area contributed by atoms with Gasteiger partial charge in [-0.05, 0) is 37.9 Å². The molecule has 1 aliphatic rings. The summed E-state index contributed by atoms with van der Waals surface area (Å²) in [4.78, 5) is 25.7. The van der Waals surface area contributed by atoms with E-state index in [-0.39, 0.29) is 19.0 Å². The Kier molecular flexibility index (Phi) is 5.80. The molecule has 2 N–H and O–H groups in total. The van der Waals surface area contributed by atoms with Crippen LogP contribution in [0.25, 0.3) is 0 Å². The molecule has 1 aromatic rings. The number of rotatable bonds is 5. The fourth-order valence-corrected chi connectivity index (χ4v) is 2.71. The first-order valence-corrected chi connectivity index (χ1v) is 7.53. The van der Waals surface area contributed by atoms with Gasteiger partial charge in [0.05, 0.1) is 19.4 Å². The molecule has 6 nitrogen and oxygen atoms in total. The molecule has 0 radical (unpaired) electrons. The minimum Gasteiger partial charge on any atom is -0.467 e. The molecule has 3 amide bonds. The van der Waals surface area contributed by atoms with E-state index < -0.39 is 6.03 Å². The smallest absolute Gasteiger partial charge is 0.321 e. The van der Waals surface area contributed by atoms with Crippen LogP contribution in [0.1, 0.15) is 38.4 Å². The van der Waals surface area contributed by atoms with Gasteiger partial charge < -0.3 is 9.73 Å². The summed E-state index contributed by atoms with van der Waals surface area (Å²) in [5.74, 6) is 0.395. The van der Waals surface area contributed by atoms with Gasteiger partial charge in [-0.2, -0.15) is 0 Å². The molecule has 1 saturated heterocycles. The van der Waals surface area contributed by atoms with Crippen molar-refractivity contribution in [1.82, 2.24) is 15.5 Å². The Balaban J connectivity index is 1.71. The van der Waals surface area contributed by atoms with Gasteiger partial charge >= 0.3 is 6.03 Å². The van der Waals surface area contributed by atoms with Gasteiger partial charge in [0.25, 0.3) is 0 Å². The van der Waals surface area contributed by atoms with Gasteiger partial charge in [0.1, 0.15) is 5.76 Å². The van der Waals surface area contributed by atoms with Crippen LogP contribution in [-0.4, -0.2) is 36.0 Å². The Hall–Kier alpha value is -1.82. The predicted octanol–water partition coefficient (Wildman–Crippen LogP) is 1.87. The Morgan fingerprint density at radius 3 is 3.00 bits per heavy atom. The Morgan fingerprint density at radius 1 is 1.43 bits per heavy atom. The molecule has 6 heteroatoms. The van der Waals surface area contributed by atoms with Crippen molar-refractivity contribution >= 4 is 11.9 Å². The zero-order valence-electron chi connectivity index (χ0n) is 12.4. The normalized spacial score (nSPS) is 19.2. The average Bonchev–Trinajstić information content (AvgIpc) is 2.99. The molecule has 116 valence electrons. The van der Waals surface area contributed by atoms with Gasteiger partial charge in [0.2, 0.25) is 5.91 Å². The summed E-state index contributed by atoms with van der Waals surface area (Å²) in [5.41, 5.74) is 0. The number of nitrogens with zero attached hydrogens (tertiary/aromatic N) is 1. The fourth-order valence-electron chi connectivity index (χ4n) is 2.71. The van der Waals surface area contributed by atoms with Crippen LogP contribution in [-0.2, 0) is 11.3 Å². The van der Waals surface area contributed by atoms with E-state index in [1.807, 2.05) is 0 Å². The van der Waals surface area contributed by atoms with Crippen LogP contribution in [0, 0.1) is 0 Å². The first-order chi connectivity index (χ1) is 10.2. The van der Waals surface area contributed by atoms with E-state index in [0.29, 0.717) is 11.8 Å². The Bertz CT molecular complexity index is 459. The van der Waals surface area contributed by atoms with E-state index in [2.05, 4.69) is 22.5 Å². The molecule has 1 unspecified atom stereocenters. The summed E-state index contributed by atoms with van der Waals surface area (Å²) in [5, 5.41) is 4.96. The van der Waals surface area contributed by atoms with Crippen molar-refractivity contribution in [3.63, 3.8) is 0 Å². The summed E-state index contributed by atoms with van der Waals surface area (Å²) < 4.78 is 5.10. The lowest BCUT2D eigenvalue weighted by atomic mass is 10.0. The molecule has 0 saturated carbocycles. The first kappa shape index (κ1) is 15.6. The molecule has 0 bridgehead atoms. The van der Waals surface area contributed by atoms with Crippen LogP contribution in [0.4, 0.5) is 4.79 Å². The van der Waals surface area contributed by atoms with Crippen LogP contribution >= 0.6 is 0 Å². The summed E-state index contributed by atoms with van der Waals surface area (Å²) in [7, 11) is 0. The van der Waals surface area contributed by atoms with E-state index >= 15 is 0 Å². The van der Waals surface area contributed by atoms with E-state index in [1.165, 1.54) is 6.42 Å². The second-order valence-electron chi connectivity index (χ2n) is 5.34. The maximum absolute atomic E-state index is 11.9. The summed E-state index contributed by atoms with van der Waals surface area (Å²) in [6.07, 6.45) is 6.06. The van der Waals surface area contributed by atoms with Crippen molar-refractivity contribution in [1.29, 1.82) is 0 Å². The van der Waals surface area contributed by atoms with Crippen molar-refractivity contribution in [2.24, 2.45) is 0 Å². The van der Waals surface area contributed by atoms with E-state index in [1.54, 1.807) is 18.4 Å². The molecule has 1 fully saturated rings. The highest BCUT2D eigenvalue weighted by molar-refractivity contribution is 5.95. The van der Waals surface area contributed by atoms with E-state index in [9.17, 15) is 9.59 Å². The Morgan fingerprint density at radius 2 is 2.29 bits per heavy atom. The number of piperidine rings is 1. The van der Waals surface area contributed by atoms with E-state index in [0.717, 1.165) is 25.8 Å². The molecule has 2 heterocycles. The number of furan rings is 1. The number of nitrogens with one attached hydrogen (secondary N) is 2. The van der Waals surface area contributed by atoms with Gasteiger partial charge in [-0.1, -0.05) is 13.3 Å². The number of imide groups is 1. The van der Waals surface area contributed by atoms with Crippen molar-refractivity contribution in [2.75, 3.05) is 13.1 Å². The number of hydrogen-bond donors (Lipinski definition) is 2. The zero-order chi connectivity index (χ0) is 15.1. The highest BCUT2D eigenvalue weighted by Crippen LogP contribution is 2.18. The molecular weight excluding hydrogens is 270 g/mol. The third kappa shape index (κ3) is 4.90. The van der Waals surface area contributed by atoms with Crippen molar-refractivity contribution < 1.29 is 14.0 Å². The molecule has 1 aromatic heterocycles. The van der Waals surface area contributed by atoms with E-state index in [4.69, 9.17) is 4.42 Å². The average molecular weight is 293 g/mol. The third-order valence-corrected chi connectivity index (χ3v) is 3.82. The topological polar surface area (TPSA) is 74.6 Å². The standard InChI is InChI=1S/C15H23N3O3/c1-2-12-6-3-4-8-18(12)11-14(19)17-15(20)16-10-13-7-5-9-21-13/h5,7,9,12H,2-4,6,8,10-11H2,1H3,(H2,16,17,19,20). The lowest BCUT2D eigenvalue weighted by Gasteiger charge is -2.34. The maximum Gasteiger partial charge on any atom is 0.321 e. The van der Waals surface area contributed by atoms with Crippen molar-refractivity contribution in [3.8, 4) is 0 Å². The molecule has 2 rings (SSSR count). The maximum atomic E-state index is 11.9. The van der Waals surface area contributed by atoms with Crippen LogP contribution in [0.3, 0.4) is 0 Å². The van der Waals surface area contributed by atoms with Gasteiger partial charge in [0.15, 0.2) is 0 Å². The number of hydrogen-bond acceptors (Lipinski definition) is 4. The summed E-state index contributed by atoms with van der Waals surface area (Å²) in [6.45, 7) is 3.62. The second-order valence-corrected chi connectivity index (χ2v) is 5.34. The first-order valence-electron chi connectivity index (χ1n) is 7.53. The van der Waals surface area contributed by atoms with Crippen LogP contribution in [0.2, 0.25) is 0 Å². The number of urea groups is 1. The third-order valence-electron chi connectivity index (χ3n) is 3.82. The zero-order valence-corrected chi connectivity index (χ0v) is 12.4. The Labute approximate surface area is 124 Å². The SMILES string of the molecule is CCC1CCCCN1CC(=O)NC(=O)NCc1ccco1. The van der Waals surface area contributed by atoms with Crippen molar-refractivity contribution in [3.05, 3.63) is 24.2 Å². The minimum absolute atomic E-state index is 0.257. The number of carbonyl (C=O) groups is 2.